The van der Waals surface area contributed by atoms with E-state index in [0.717, 1.165) is 77.0 Å². The van der Waals surface area contributed by atoms with Crippen molar-refractivity contribution in [3.63, 3.8) is 0 Å². The van der Waals surface area contributed by atoms with Gasteiger partial charge in [-0.3, -0.25) is 4.99 Å². The largest absolute Gasteiger partial charge is 0.496 e. The predicted molar refractivity (Wildman–Crippen MR) is 117 cm³/mol. The first-order valence-corrected chi connectivity index (χ1v) is 10.9. The van der Waals surface area contributed by atoms with E-state index in [-0.39, 0.29) is 5.41 Å². The van der Waals surface area contributed by atoms with Crippen LogP contribution in [0.1, 0.15) is 37.3 Å². The molecule has 2 heterocycles. The lowest BCUT2D eigenvalue weighted by Crippen LogP contribution is -2.43. The number of hydrogen-bond acceptors (Lipinski definition) is 4. The summed E-state index contributed by atoms with van der Waals surface area (Å²) in [6, 6.07) is 6.48. The Kier molecular flexibility index (Phi) is 7.78. The fourth-order valence-electron chi connectivity index (χ4n) is 4.56. The van der Waals surface area contributed by atoms with Gasteiger partial charge in [-0.1, -0.05) is 17.7 Å². The summed E-state index contributed by atoms with van der Waals surface area (Å²) in [4.78, 5) is 7.53. The zero-order valence-electron chi connectivity index (χ0n) is 18.5. The van der Waals surface area contributed by atoms with Gasteiger partial charge in [-0.05, 0) is 39.2 Å². The maximum Gasteiger partial charge on any atom is 0.193 e. The van der Waals surface area contributed by atoms with Crippen molar-refractivity contribution < 1.29 is 14.2 Å². The number of ether oxygens (including phenoxy) is 3. The van der Waals surface area contributed by atoms with E-state index in [0.29, 0.717) is 5.92 Å². The second-order valence-corrected chi connectivity index (χ2v) is 8.32. The average Bonchev–Trinajstić information content (AvgIpc) is 3.20. The molecule has 2 aliphatic rings. The van der Waals surface area contributed by atoms with Crippen LogP contribution in [0.4, 0.5) is 0 Å². The molecule has 0 radical (unpaired) electrons. The summed E-state index contributed by atoms with van der Waals surface area (Å²) in [6.45, 7) is 10.3. The second kappa shape index (κ2) is 10.3. The number of benzene rings is 1. The third-order valence-corrected chi connectivity index (χ3v) is 6.23. The van der Waals surface area contributed by atoms with Gasteiger partial charge in [0.15, 0.2) is 5.96 Å². The minimum Gasteiger partial charge on any atom is -0.496 e. The standard InChI is InChI=1S/C23H37N3O3/c1-5-24-22(26-11-8-19(15-26)16-27-3)25-17-23(9-12-29-13-10-23)20-14-18(2)6-7-21(20)28-4/h6-7,14,19H,5,8-13,15-17H2,1-4H3,(H,24,25). The lowest BCUT2D eigenvalue weighted by atomic mass is 9.73. The van der Waals surface area contributed by atoms with E-state index in [1.165, 1.54) is 11.1 Å². The molecule has 2 aliphatic heterocycles. The number of guanidine groups is 1. The molecule has 1 atom stereocenters. The van der Waals surface area contributed by atoms with Crippen LogP contribution in [0.25, 0.3) is 0 Å². The third kappa shape index (κ3) is 5.23. The van der Waals surface area contributed by atoms with Crippen LogP contribution in [0.15, 0.2) is 23.2 Å². The highest BCUT2D eigenvalue weighted by molar-refractivity contribution is 5.80. The highest BCUT2D eigenvalue weighted by Gasteiger charge is 2.37. The molecule has 0 spiro atoms. The summed E-state index contributed by atoms with van der Waals surface area (Å²) in [5.41, 5.74) is 2.47. The number of nitrogens with zero attached hydrogens (tertiary/aromatic N) is 2. The minimum absolute atomic E-state index is 0.0536. The van der Waals surface area contributed by atoms with Gasteiger partial charge in [0.2, 0.25) is 0 Å². The second-order valence-electron chi connectivity index (χ2n) is 8.32. The first-order chi connectivity index (χ1) is 14.1. The summed E-state index contributed by atoms with van der Waals surface area (Å²) in [5, 5.41) is 3.51. The Morgan fingerprint density at radius 2 is 2.10 bits per heavy atom. The molecule has 0 aliphatic carbocycles. The smallest absolute Gasteiger partial charge is 0.193 e. The molecule has 0 bridgehead atoms. The van der Waals surface area contributed by atoms with Gasteiger partial charge < -0.3 is 24.4 Å². The molecule has 1 aromatic carbocycles. The van der Waals surface area contributed by atoms with Gasteiger partial charge in [0.05, 0.1) is 20.3 Å². The summed E-state index contributed by atoms with van der Waals surface area (Å²) in [6.07, 6.45) is 3.08. The highest BCUT2D eigenvalue weighted by Crippen LogP contribution is 2.40. The molecule has 1 aromatic rings. The molecule has 0 aromatic heterocycles. The number of hydrogen-bond donors (Lipinski definition) is 1. The topological polar surface area (TPSA) is 55.3 Å². The van der Waals surface area contributed by atoms with Gasteiger partial charge in [-0.25, -0.2) is 0 Å². The van der Waals surface area contributed by atoms with Crippen molar-refractivity contribution in [3.8, 4) is 5.75 Å². The van der Waals surface area contributed by atoms with Crippen molar-refractivity contribution in [2.24, 2.45) is 10.9 Å². The molecular weight excluding hydrogens is 366 g/mol. The fraction of sp³-hybridized carbons (Fsp3) is 0.696. The fourth-order valence-corrected chi connectivity index (χ4v) is 4.56. The normalized spacial score (nSPS) is 22.0. The van der Waals surface area contributed by atoms with Gasteiger partial charge in [-0.15, -0.1) is 0 Å². The van der Waals surface area contributed by atoms with Gasteiger partial charge in [0, 0.05) is 56.9 Å². The monoisotopic (exact) mass is 403 g/mol. The van der Waals surface area contributed by atoms with Crippen LogP contribution < -0.4 is 10.1 Å². The van der Waals surface area contributed by atoms with Crippen molar-refractivity contribution in [2.45, 2.75) is 38.5 Å². The van der Waals surface area contributed by atoms with Crippen molar-refractivity contribution in [1.82, 2.24) is 10.2 Å². The molecular formula is C23H37N3O3. The third-order valence-electron chi connectivity index (χ3n) is 6.23. The Morgan fingerprint density at radius 3 is 2.79 bits per heavy atom. The van der Waals surface area contributed by atoms with Crippen molar-refractivity contribution in [3.05, 3.63) is 29.3 Å². The van der Waals surface area contributed by atoms with E-state index in [2.05, 4.69) is 42.3 Å². The molecule has 1 unspecified atom stereocenters. The molecule has 6 heteroatoms. The lowest BCUT2D eigenvalue weighted by Gasteiger charge is -2.38. The SMILES string of the molecule is CCNC(=NCC1(c2cc(C)ccc2OC)CCOCC1)N1CCC(COC)C1. The Balaban J connectivity index is 1.86. The van der Waals surface area contributed by atoms with Gasteiger partial charge >= 0.3 is 0 Å². The van der Waals surface area contributed by atoms with E-state index >= 15 is 0 Å². The maximum absolute atomic E-state index is 5.74. The molecule has 6 nitrogen and oxygen atoms in total. The molecule has 2 fully saturated rings. The Hall–Kier alpha value is -1.79. The maximum atomic E-state index is 5.74. The average molecular weight is 404 g/mol. The van der Waals surface area contributed by atoms with E-state index in [1.807, 2.05) is 0 Å². The Bertz CT molecular complexity index is 686. The van der Waals surface area contributed by atoms with Crippen LogP contribution in [0.5, 0.6) is 5.75 Å². The Labute approximate surface area is 175 Å². The van der Waals surface area contributed by atoms with Crippen LogP contribution in [0.2, 0.25) is 0 Å². The van der Waals surface area contributed by atoms with Gasteiger partial charge in [0.1, 0.15) is 5.75 Å². The molecule has 162 valence electrons. The highest BCUT2D eigenvalue weighted by atomic mass is 16.5. The quantitative estimate of drug-likeness (QED) is 0.560. The zero-order chi connectivity index (χ0) is 20.7. The summed E-state index contributed by atoms with van der Waals surface area (Å²) in [7, 11) is 3.54. The van der Waals surface area contributed by atoms with Crippen LogP contribution in [-0.4, -0.2) is 71.1 Å². The minimum atomic E-state index is -0.0536. The number of rotatable bonds is 7. The predicted octanol–water partition coefficient (Wildman–Crippen LogP) is 2.99. The number of likely N-dealkylation sites (tertiary alicyclic amines) is 1. The number of aryl methyl sites for hydroxylation is 1. The van der Waals surface area contributed by atoms with Crippen molar-refractivity contribution in [2.75, 3.05) is 60.2 Å². The number of aliphatic imine (C=N–C) groups is 1. The van der Waals surface area contributed by atoms with Crippen LogP contribution in [-0.2, 0) is 14.9 Å². The molecule has 1 N–H and O–H groups in total. The first-order valence-electron chi connectivity index (χ1n) is 10.9. The zero-order valence-corrected chi connectivity index (χ0v) is 18.5. The Morgan fingerprint density at radius 1 is 1.31 bits per heavy atom. The first kappa shape index (κ1) is 21.9. The lowest BCUT2D eigenvalue weighted by molar-refractivity contribution is 0.0522. The van der Waals surface area contributed by atoms with E-state index in [4.69, 9.17) is 19.2 Å². The van der Waals surface area contributed by atoms with Crippen LogP contribution in [0.3, 0.4) is 0 Å². The molecule has 0 saturated carbocycles. The van der Waals surface area contributed by atoms with Gasteiger partial charge in [0.25, 0.3) is 0 Å². The molecule has 2 saturated heterocycles. The van der Waals surface area contributed by atoms with E-state index in [1.54, 1.807) is 14.2 Å². The molecule has 29 heavy (non-hydrogen) atoms. The van der Waals surface area contributed by atoms with Gasteiger partial charge in [-0.2, -0.15) is 0 Å². The van der Waals surface area contributed by atoms with E-state index in [9.17, 15) is 0 Å². The van der Waals surface area contributed by atoms with Crippen LogP contribution in [0, 0.1) is 12.8 Å². The summed E-state index contributed by atoms with van der Waals surface area (Å²) < 4.78 is 16.8. The molecule has 0 amide bonds. The summed E-state index contributed by atoms with van der Waals surface area (Å²) >= 11 is 0. The number of nitrogens with one attached hydrogen (secondary N) is 1. The van der Waals surface area contributed by atoms with Crippen molar-refractivity contribution >= 4 is 5.96 Å². The number of methoxy groups -OCH3 is 2. The summed E-state index contributed by atoms with van der Waals surface area (Å²) in [5.74, 6) is 2.56. The van der Waals surface area contributed by atoms with E-state index < -0.39 is 0 Å². The van der Waals surface area contributed by atoms with Crippen molar-refractivity contribution in [1.29, 1.82) is 0 Å². The molecule has 3 rings (SSSR count). The van der Waals surface area contributed by atoms with Crippen LogP contribution >= 0.6 is 0 Å².